The Hall–Kier alpha value is -1.64. The van der Waals surface area contributed by atoms with Crippen molar-refractivity contribution in [3.05, 3.63) is 29.5 Å². The summed E-state index contributed by atoms with van der Waals surface area (Å²) >= 11 is 0. The second-order valence-electron chi connectivity index (χ2n) is 2.72. The van der Waals surface area contributed by atoms with E-state index in [4.69, 9.17) is 4.52 Å². The molecule has 2 aromatic rings. The molecule has 0 aliphatic heterocycles. The lowest BCUT2D eigenvalue weighted by atomic mass is 10.1. The van der Waals surface area contributed by atoms with Crippen LogP contribution in [0.5, 0.6) is 0 Å². The molecule has 0 N–H and O–H groups in total. The summed E-state index contributed by atoms with van der Waals surface area (Å²) in [6.45, 7) is 1.93. The molecular weight excluding hydrogens is 154 g/mol. The van der Waals surface area contributed by atoms with Crippen molar-refractivity contribution in [3.8, 4) is 0 Å². The van der Waals surface area contributed by atoms with Crippen molar-refractivity contribution >= 4 is 17.3 Å². The Balaban J connectivity index is 2.88. The lowest BCUT2D eigenvalue weighted by molar-refractivity contribution is 0.112. The normalized spacial score (nSPS) is 10.4. The minimum absolute atomic E-state index is 0.558. The Kier molecular flexibility index (Phi) is 1.43. The van der Waals surface area contributed by atoms with Crippen LogP contribution in [0.15, 0.2) is 22.9 Å². The molecule has 0 fully saturated rings. The number of nitrogens with zero attached hydrogens (tertiary/aromatic N) is 1. The number of fused-ring (bicyclic) bond motifs is 1. The lowest BCUT2D eigenvalue weighted by Gasteiger charge is -1.93. The van der Waals surface area contributed by atoms with Gasteiger partial charge in [-0.05, 0) is 24.6 Å². The first-order valence-corrected chi connectivity index (χ1v) is 3.61. The second-order valence-corrected chi connectivity index (χ2v) is 2.72. The summed E-state index contributed by atoms with van der Waals surface area (Å²) < 4.78 is 4.91. The molecule has 3 nitrogen and oxygen atoms in total. The zero-order valence-electron chi connectivity index (χ0n) is 6.57. The molecule has 0 spiro atoms. The maximum Gasteiger partial charge on any atom is 0.177 e. The van der Waals surface area contributed by atoms with Gasteiger partial charge in [-0.15, -0.1) is 0 Å². The standard InChI is InChI=1S/C9H7NO2/c1-6-2-7-4-10-12-9(7)8(3-6)5-11/h2-5H,1H3. The van der Waals surface area contributed by atoms with Gasteiger partial charge in [-0.3, -0.25) is 4.79 Å². The molecule has 0 atom stereocenters. The first-order valence-electron chi connectivity index (χ1n) is 3.61. The van der Waals surface area contributed by atoms with E-state index in [2.05, 4.69) is 5.16 Å². The third kappa shape index (κ3) is 0.906. The summed E-state index contributed by atoms with van der Waals surface area (Å²) in [5, 5.41) is 4.49. The fraction of sp³-hybridized carbons (Fsp3) is 0.111. The molecule has 0 aliphatic rings. The van der Waals surface area contributed by atoms with E-state index < -0.39 is 0 Å². The second kappa shape index (κ2) is 2.44. The molecule has 0 amide bonds. The highest BCUT2D eigenvalue weighted by Crippen LogP contribution is 2.18. The van der Waals surface area contributed by atoms with E-state index >= 15 is 0 Å². The number of aromatic nitrogens is 1. The fourth-order valence-electron chi connectivity index (χ4n) is 1.25. The number of carbonyl (C=O) groups excluding carboxylic acids is 1. The maximum atomic E-state index is 10.6. The molecule has 0 saturated carbocycles. The Labute approximate surface area is 69.0 Å². The summed E-state index contributed by atoms with van der Waals surface area (Å²) in [6, 6.07) is 3.71. The minimum Gasteiger partial charge on any atom is -0.356 e. The first kappa shape index (κ1) is 7.03. The van der Waals surface area contributed by atoms with Crippen molar-refractivity contribution in [1.82, 2.24) is 5.16 Å². The number of benzene rings is 1. The van der Waals surface area contributed by atoms with Gasteiger partial charge in [0.1, 0.15) is 0 Å². The van der Waals surface area contributed by atoms with Crippen molar-refractivity contribution in [2.75, 3.05) is 0 Å². The van der Waals surface area contributed by atoms with Crippen LogP contribution in [0.1, 0.15) is 15.9 Å². The van der Waals surface area contributed by atoms with Crippen LogP contribution in [0, 0.1) is 6.92 Å². The summed E-state index contributed by atoms with van der Waals surface area (Å²) in [5.41, 5.74) is 2.16. The SMILES string of the molecule is Cc1cc(C=O)c2oncc2c1. The van der Waals surface area contributed by atoms with Crippen LogP contribution in [0.25, 0.3) is 11.0 Å². The molecule has 12 heavy (non-hydrogen) atoms. The molecule has 2 rings (SSSR count). The van der Waals surface area contributed by atoms with Crippen molar-refractivity contribution in [2.45, 2.75) is 6.92 Å². The molecule has 1 aromatic heterocycles. The smallest absolute Gasteiger partial charge is 0.177 e. The van der Waals surface area contributed by atoms with Gasteiger partial charge >= 0.3 is 0 Å². The number of aryl methyl sites for hydroxylation is 1. The van der Waals surface area contributed by atoms with Gasteiger partial charge < -0.3 is 4.52 Å². The highest BCUT2D eigenvalue weighted by atomic mass is 16.5. The van der Waals surface area contributed by atoms with Gasteiger partial charge in [0.2, 0.25) is 0 Å². The van der Waals surface area contributed by atoms with Gasteiger partial charge in [0.25, 0.3) is 0 Å². The van der Waals surface area contributed by atoms with E-state index in [-0.39, 0.29) is 0 Å². The molecule has 3 heteroatoms. The van der Waals surface area contributed by atoms with E-state index in [0.29, 0.717) is 11.1 Å². The van der Waals surface area contributed by atoms with Gasteiger partial charge in [0, 0.05) is 5.39 Å². The van der Waals surface area contributed by atoms with Crippen LogP contribution in [0.3, 0.4) is 0 Å². The fourth-order valence-corrected chi connectivity index (χ4v) is 1.25. The van der Waals surface area contributed by atoms with E-state index in [0.717, 1.165) is 17.2 Å². The number of aldehydes is 1. The Bertz CT molecular complexity index is 431. The Morgan fingerprint density at radius 1 is 1.50 bits per heavy atom. The molecule has 1 aromatic carbocycles. The predicted molar refractivity (Wildman–Crippen MR) is 44.1 cm³/mol. The van der Waals surface area contributed by atoms with Crippen molar-refractivity contribution in [2.24, 2.45) is 0 Å². The van der Waals surface area contributed by atoms with Crippen molar-refractivity contribution < 1.29 is 9.32 Å². The highest BCUT2D eigenvalue weighted by Gasteiger charge is 2.04. The molecule has 0 bridgehead atoms. The van der Waals surface area contributed by atoms with Crippen LogP contribution in [0.2, 0.25) is 0 Å². The van der Waals surface area contributed by atoms with Gasteiger partial charge in [-0.25, -0.2) is 0 Å². The number of hydrogen-bond donors (Lipinski definition) is 0. The van der Waals surface area contributed by atoms with Crippen LogP contribution in [0.4, 0.5) is 0 Å². The van der Waals surface area contributed by atoms with Gasteiger partial charge in [-0.1, -0.05) is 5.16 Å². The Morgan fingerprint density at radius 3 is 3.08 bits per heavy atom. The van der Waals surface area contributed by atoms with Crippen LogP contribution < -0.4 is 0 Å². The van der Waals surface area contributed by atoms with Crippen molar-refractivity contribution in [1.29, 1.82) is 0 Å². The van der Waals surface area contributed by atoms with Crippen LogP contribution >= 0.6 is 0 Å². The quantitative estimate of drug-likeness (QED) is 0.600. The molecule has 0 saturated heterocycles. The monoisotopic (exact) mass is 161 g/mol. The van der Waals surface area contributed by atoms with Gasteiger partial charge in [-0.2, -0.15) is 0 Å². The molecule has 1 heterocycles. The van der Waals surface area contributed by atoms with E-state index in [1.54, 1.807) is 12.3 Å². The van der Waals surface area contributed by atoms with Crippen LogP contribution in [-0.4, -0.2) is 11.4 Å². The Morgan fingerprint density at radius 2 is 2.33 bits per heavy atom. The molecule has 0 aliphatic carbocycles. The molecule has 0 radical (unpaired) electrons. The maximum absolute atomic E-state index is 10.6. The first-order chi connectivity index (χ1) is 5.81. The largest absolute Gasteiger partial charge is 0.356 e. The summed E-state index contributed by atoms with van der Waals surface area (Å²) in [5.74, 6) is 0. The summed E-state index contributed by atoms with van der Waals surface area (Å²) in [7, 11) is 0. The highest BCUT2D eigenvalue weighted by molar-refractivity contribution is 5.94. The van der Waals surface area contributed by atoms with Gasteiger partial charge in [0.05, 0.1) is 11.8 Å². The molecule has 0 unspecified atom stereocenters. The number of hydrogen-bond acceptors (Lipinski definition) is 3. The lowest BCUT2D eigenvalue weighted by Crippen LogP contribution is -1.82. The third-order valence-corrected chi connectivity index (χ3v) is 1.75. The number of rotatable bonds is 1. The van der Waals surface area contributed by atoms with Crippen LogP contribution in [-0.2, 0) is 0 Å². The summed E-state index contributed by atoms with van der Waals surface area (Å²) in [4.78, 5) is 10.6. The molecule has 60 valence electrons. The van der Waals surface area contributed by atoms with E-state index in [1.165, 1.54) is 0 Å². The zero-order valence-corrected chi connectivity index (χ0v) is 6.57. The van der Waals surface area contributed by atoms with Crippen molar-refractivity contribution in [3.63, 3.8) is 0 Å². The van der Waals surface area contributed by atoms with E-state index in [1.807, 2.05) is 13.0 Å². The molecular formula is C9H7NO2. The average Bonchev–Trinajstić information content (AvgIpc) is 2.50. The summed E-state index contributed by atoms with van der Waals surface area (Å²) in [6.07, 6.45) is 2.38. The average molecular weight is 161 g/mol. The zero-order chi connectivity index (χ0) is 8.55. The number of carbonyl (C=O) groups is 1. The van der Waals surface area contributed by atoms with Gasteiger partial charge in [0.15, 0.2) is 11.9 Å². The minimum atomic E-state index is 0.558. The topological polar surface area (TPSA) is 43.1 Å². The van der Waals surface area contributed by atoms with E-state index in [9.17, 15) is 4.79 Å². The third-order valence-electron chi connectivity index (χ3n) is 1.75. The predicted octanol–water partition coefficient (Wildman–Crippen LogP) is 1.95.